The summed E-state index contributed by atoms with van der Waals surface area (Å²) in [7, 11) is 0. The number of hydrogen-bond acceptors (Lipinski definition) is 3. The molecule has 0 aliphatic rings. The molecule has 0 saturated heterocycles. The van der Waals surface area contributed by atoms with Gasteiger partial charge in [0.15, 0.2) is 0 Å². The van der Waals surface area contributed by atoms with Gasteiger partial charge >= 0.3 is 0 Å². The highest BCUT2D eigenvalue weighted by atomic mass is 16.5. The molecule has 0 amide bonds. The van der Waals surface area contributed by atoms with E-state index < -0.39 is 5.97 Å². The first-order valence-electron chi connectivity index (χ1n) is 4.15. The maximum absolute atomic E-state index is 10.2. The number of carboxylic acids is 1. The molecule has 0 N–H and O–H groups in total. The van der Waals surface area contributed by atoms with Crippen molar-refractivity contribution in [1.29, 1.82) is 0 Å². The molecule has 0 aliphatic heterocycles. The maximum Gasteiger partial charge on any atom is 0.0671 e. The summed E-state index contributed by atoms with van der Waals surface area (Å²) in [5, 5.41) is 10.2. The molecule has 0 aromatic rings. The van der Waals surface area contributed by atoms with E-state index in [0.29, 0.717) is 26.1 Å². The minimum Gasteiger partial charge on any atom is -0.545 e. The van der Waals surface area contributed by atoms with Gasteiger partial charge in [0.2, 0.25) is 0 Å². The minimum atomic E-state index is -1.18. The van der Waals surface area contributed by atoms with Crippen molar-refractivity contribution in [3.05, 3.63) is 24.3 Å². The van der Waals surface area contributed by atoms with Crippen LogP contribution in [0.5, 0.6) is 0 Å². The van der Waals surface area contributed by atoms with Crippen molar-refractivity contribution in [3.63, 3.8) is 0 Å². The molecule has 0 atom stereocenters. The third-order valence-corrected chi connectivity index (χ3v) is 1.40. The van der Waals surface area contributed by atoms with Gasteiger partial charge in [-0.1, -0.05) is 18.7 Å². The normalized spacial score (nSPS) is 9.62. The van der Waals surface area contributed by atoms with Crippen LogP contribution in [-0.2, 0) is 9.53 Å². The molecule has 0 radical (unpaired) electrons. The predicted molar refractivity (Wildman–Crippen MR) is 49.0 cm³/mol. The average Bonchev–Trinajstić information content (AvgIpc) is 2.02. The molecule has 3 nitrogen and oxygen atoms in total. The molecule has 0 aliphatic carbocycles. The van der Waals surface area contributed by atoms with Gasteiger partial charge in [0.1, 0.15) is 0 Å². The van der Waals surface area contributed by atoms with Crippen LogP contribution < -0.4 is 5.11 Å². The SMILES string of the molecule is C=C(C)COCCCC(=C)C(=O)[O-]. The second-order valence-electron chi connectivity index (χ2n) is 3.00. The highest BCUT2D eigenvalue weighted by molar-refractivity contribution is 5.83. The Labute approximate surface area is 78.7 Å². The van der Waals surface area contributed by atoms with Crippen LogP contribution in [0.2, 0.25) is 0 Å². The second kappa shape index (κ2) is 6.43. The fourth-order valence-electron chi connectivity index (χ4n) is 0.736. The quantitative estimate of drug-likeness (QED) is 0.331. The predicted octanol–water partition coefficient (Wildman–Crippen LogP) is 0.665. The van der Waals surface area contributed by atoms with Gasteiger partial charge in [0.05, 0.1) is 12.6 Å². The summed E-state index contributed by atoms with van der Waals surface area (Å²) in [5.74, 6) is -1.18. The third-order valence-electron chi connectivity index (χ3n) is 1.40. The third kappa shape index (κ3) is 7.28. The fourth-order valence-corrected chi connectivity index (χ4v) is 0.736. The smallest absolute Gasteiger partial charge is 0.0671 e. The van der Waals surface area contributed by atoms with Crippen molar-refractivity contribution in [1.82, 2.24) is 0 Å². The van der Waals surface area contributed by atoms with Crippen LogP contribution in [0.25, 0.3) is 0 Å². The molecule has 0 spiro atoms. The van der Waals surface area contributed by atoms with Gasteiger partial charge in [-0.15, -0.1) is 0 Å². The van der Waals surface area contributed by atoms with Crippen LogP contribution in [0.1, 0.15) is 19.8 Å². The fraction of sp³-hybridized carbons (Fsp3) is 0.500. The largest absolute Gasteiger partial charge is 0.545 e. The first-order chi connectivity index (χ1) is 6.04. The molecule has 0 saturated carbocycles. The molecule has 13 heavy (non-hydrogen) atoms. The molecular weight excluding hydrogens is 168 g/mol. The van der Waals surface area contributed by atoms with E-state index in [1.54, 1.807) is 0 Å². The summed E-state index contributed by atoms with van der Waals surface area (Å²) >= 11 is 0. The van der Waals surface area contributed by atoms with Gasteiger partial charge in [0.25, 0.3) is 0 Å². The van der Waals surface area contributed by atoms with Crippen LogP contribution in [-0.4, -0.2) is 19.2 Å². The van der Waals surface area contributed by atoms with Crippen molar-refractivity contribution < 1.29 is 14.6 Å². The Morgan fingerprint density at radius 3 is 2.54 bits per heavy atom. The van der Waals surface area contributed by atoms with Gasteiger partial charge in [-0.25, -0.2) is 0 Å². The highest BCUT2D eigenvalue weighted by Gasteiger charge is 1.95. The zero-order valence-corrected chi connectivity index (χ0v) is 7.97. The van der Waals surface area contributed by atoms with Gasteiger partial charge in [-0.05, 0) is 25.3 Å². The summed E-state index contributed by atoms with van der Waals surface area (Å²) in [6.07, 6.45) is 1.07. The van der Waals surface area contributed by atoms with Crippen LogP contribution in [0.15, 0.2) is 24.3 Å². The van der Waals surface area contributed by atoms with E-state index in [-0.39, 0.29) is 5.57 Å². The molecule has 0 heterocycles. The van der Waals surface area contributed by atoms with E-state index in [4.69, 9.17) is 4.74 Å². The summed E-state index contributed by atoms with van der Waals surface area (Å²) in [6.45, 7) is 9.95. The first kappa shape index (κ1) is 11.9. The summed E-state index contributed by atoms with van der Waals surface area (Å²) in [4.78, 5) is 10.2. The van der Waals surface area contributed by atoms with Crippen LogP contribution >= 0.6 is 0 Å². The highest BCUT2D eigenvalue weighted by Crippen LogP contribution is 2.01. The van der Waals surface area contributed by atoms with Crippen molar-refractivity contribution in [2.24, 2.45) is 0 Å². The Bertz CT molecular complexity index is 206. The number of carboxylic acid groups (broad SMARTS) is 1. The molecule has 0 aromatic carbocycles. The number of carbonyl (C=O) groups excluding carboxylic acids is 1. The maximum atomic E-state index is 10.2. The Morgan fingerprint density at radius 2 is 2.08 bits per heavy atom. The lowest BCUT2D eigenvalue weighted by Crippen LogP contribution is -2.23. The van der Waals surface area contributed by atoms with Crippen molar-refractivity contribution >= 4 is 5.97 Å². The van der Waals surface area contributed by atoms with E-state index in [1.807, 2.05) is 6.92 Å². The minimum absolute atomic E-state index is 0.124. The van der Waals surface area contributed by atoms with Crippen molar-refractivity contribution in [3.8, 4) is 0 Å². The molecule has 0 aromatic heterocycles. The molecule has 0 bridgehead atoms. The monoisotopic (exact) mass is 183 g/mol. The molecule has 74 valence electrons. The van der Waals surface area contributed by atoms with Crippen molar-refractivity contribution in [2.75, 3.05) is 13.2 Å². The lowest BCUT2D eigenvalue weighted by Gasteiger charge is -2.06. The Kier molecular flexibility index (Phi) is 5.89. The standard InChI is InChI=1S/C10H16O3/c1-8(2)7-13-6-4-5-9(3)10(11)12/h1,3-7H2,2H3,(H,11,12)/p-1. The van der Waals surface area contributed by atoms with Gasteiger partial charge in [-0.2, -0.15) is 0 Å². The van der Waals surface area contributed by atoms with Gasteiger partial charge < -0.3 is 14.6 Å². The Hall–Kier alpha value is -1.09. The number of aliphatic carboxylic acids is 1. The van der Waals surface area contributed by atoms with Gasteiger partial charge in [0, 0.05) is 6.61 Å². The van der Waals surface area contributed by atoms with E-state index >= 15 is 0 Å². The molecule has 0 rings (SSSR count). The van der Waals surface area contributed by atoms with E-state index in [2.05, 4.69) is 13.2 Å². The number of hydrogen-bond donors (Lipinski definition) is 0. The topological polar surface area (TPSA) is 49.4 Å². The van der Waals surface area contributed by atoms with Crippen LogP contribution in [0, 0.1) is 0 Å². The van der Waals surface area contributed by atoms with E-state index in [0.717, 1.165) is 5.57 Å². The average molecular weight is 183 g/mol. The number of carbonyl (C=O) groups is 1. The number of rotatable bonds is 7. The molecular formula is C10H15O3-. The summed E-state index contributed by atoms with van der Waals surface area (Å²) < 4.78 is 5.17. The van der Waals surface area contributed by atoms with Crippen LogP contribution in [0.4, 0.5) is 0 Å². The zero-order valence-electron chi connectivity index (χ0n) is 7.97. The second-order valence-corrected chi connectivity index (χ2v) is 3.00. The lowest BCUT2D eigenvalue weighted by atomic mass is 10.2. The first-order valence-corrected chi connectivity index (χ1v) is 4.15. The van der Waals surface area contributed by atoms with Gasteiger partial charge in [-0.3, -0.25) is 0 Å². The molecule has 0 fully saturated rings. The molecule has 0 unspecified atom stereocenters. The Morgan fingerprint density at radius 1 is 1.46 bits per heavy atom. The van der Waals surface area contributed by atoms with Crippen molar-refractivity contribution in [2.45, 2.75) is 19.8 Å². The lowest BCUT2D eigenvalue weighted by molar-refractivity contribution is -0.299. The van der Waals surface area contributed by atoms with Crippen LogP contribution in [0.3, 0.4) is 0 Å². The zero-order chi connectivity index (χ0) is 10.3. The Balaban J connectivity index is 3.31. The number of ether oxygens (including phenoxy) is 1. The summed E-state index contributed by atoms with van der Waals surface area (Å²) in [5.41, 5.74) is 1.08. The summed E-state index contributed by atoms with van der Waals surface area (Å²) in [6, 6.07) is 0. The van der Waals surface area contributed by atoms with E-state index in [9.17, 15) is 9.90 Å². The molecule has 3 heteroatoms. The van der Waals surface area contributed by atoms with E-state index in [1.165, 1.54) is 0 Å².